The molecule has 0 aliphatic heterocycles. The predicted octanol–water partition coefficient (Wildman–Crippen LogP) is 3.32. The number of esters is 1. The summed E-state index contributed by atoms with van der Waals surface area (Å²) in [5, 5.41) is 7.20. The third-order valence-electron chi connectivity index (χ3n) is 3.78. The van der Waals surface area contributed by atoms with Crippen LogP contribution >= 0.6 is 22.7 Å². The molecular weight excluding hydrogens is 398 g/mol. The van der Waals surface area contributed by atoms with Gasteiger partial charge in [-0.2, -0.15) is 4.98 Å². The number of nitrogens with one attached hydrogen (secondary N) is 1. The Morgan fingerprint density at radius 3 is 2.81 bits per heavy atom. The van der Waals surface area contributed by atoms with Crippen LogP contribution < -0.4 is 4.72 Å². The summed E-state index contributed by atoms with van der Waals surface area (Å²) in [7, 11) is -2.77. The summed E-state index contributed by atoms with van der Waals surface area (Å²) in [6.45, 7) is 0. The van der Waals surface area contributed by atoms with Gasteiger partial charge in [-0.1, -0.05) is 5.16 Å². The van der Waals surface area contributed by atoms with Crippen LogP contribution in [0.25, 0.3) is 10.8 Å². The molecule has 1 aliphatic rings. The van der Waals surface area contributed by atoms with Gasteiger partial charge in [0.25, 0.3) is 15.9 Å². The molecule has 0 bridgehead atoms. The highest BCUT2D eigenvalue weighted by Crippen LogP contribution is 2.40. The molecule has 0 saturated heterocycles. The van der Waals surface area contributed by atoms with E-state index >= 15 is 0 Å². The average molecular weight is 411 g/mol. The van der Waals surface area contributed by atoms with Gasteiger partial charge in [-0.25, -0.2) is 13.2 Å². The molecule has 1 fully saturated rings. The zero-order valence-electron chi connectivity index (χ0n) is 13.5. The number of aromatic nitrogens is 2. The van der Waals surface area contributed by atoms with Crippen LogP contribution in [0.3, 0.4) is 0 Å². The zero-order valence-corrected chi connectivity index (χ0v) is 15.9. The molecule has 1 N–H and O–H groups in total. The number of carbonyl (C=O) groups is 1. The topological polar surface area (TPSA) is 111 Å². The number of thiophene rings is 2. The van der Waals surface area contributed by atoms with Crippen molar-refractivity contribution in [3.8, 4) is 10.8 Å². The molecule has 0 atom stereocenters. The number of rotatable bonds is 6. The van der Waals surface area contributed by atoms with Crippen LogP contribution in [0.2, 0.25) is 0 Å². The second kappa shape index (κ2) is 6.49. The second-order valence-electron chi connectivity index (χ2n) is 5.61. The lowest BCUT2D eigenvalue weighted by atomic mass is 10.4. The number of sulfonamides is 1. The third-order valence-corrected chi connectivity index (χ3v) is 7.11. The predicted molar refractivity (Wildman–Crippen MR) is 96.1 cm³/mol. The molecule has 1 saturated carbocycles. The summed E-state index contributed by atoms with van der Waals surface area (Å²) >= 11 is 2.29. The first kappa shape index (κ1) is 17.2. The van der Waals surface area contributed by atoms with E-state index in [1.807, 2.05) is 0 Å². The van der Waals surface area contributed by atoms with E-state index in [1.54, 1.807) is 11.4 Å². The van der Waals surface area contributed by atoms with Crippen LogP contribution in [-0.2, 0) is 14.8 Å². The highest BCUT2D eigenvalue weighted by Gasteiger charge is 2.30. The first-order valence-electron chi connectivity index (χ1n) is 7.59. The van der Waals surface area contributed by atoms with Crippen molar-refractivity contribution in [2.45, 2.75) is 23.7 Å². The Morgan fingerprint density at radius 1 is 1.31 bits per heavy atom. The van der Waals surface area contributed by atoms with Crippen molar-refractivity contribution in [1.82, 2.24) is 10.1 Å². The van der Waals surface area contributed by atoms with Crippen LogP contribution in [-0.4, -0.2) is 31.6 Å². The van der Waals surface area contributed by atoms with E-state index in [-0.39, 0.29) is 15.7 Å². The maximum atomic E-state index is 12.7. The molecule has 3 heterocycles. The van der Waals surface area contributed by atoms with Crippen molar-refractivity contribution < 1.29 is 22.5 Å². The van der Waals surface area contributed by atoms with Crippen LogP contribution in [0.4, 0.5) is 5.69 Å². The fourth-order valence-electron chi connectivity index (χ4n) is 2.34. The van der Waals surface area contributed by atoms with Crippen LogP contribution in [0.1, 0.15) is 34.3 Å². The summed E-state index contributed by atoms with van der Waals surface area (Å²) in [5.41, 5.74) is 0.322. The zero-order chi connectivity index (χ0) is 18.3. The van der Waals surface area contributed by atoms with Crippen molar-refractivity contribution in [2.75, 3.05) is 11.8 Å². The van der Waals surface area contributed by atoms with Crippen molar-refractivity contribution in [2.24, 2.45) is 0 Å². The van der Waals surface area contributed by atoms with Crippen molar-refractivity contribution in [3.05, 3.63) is 33.6 Å². The van der Waals surface area contributed by atoms with E-state index in [9.17, 15) is 13.2 Å². The Hall–Kier alpha value is -2.24. The lowest BCUT2D eigenvalue weighted by molar-refractivity contribution is 0.0602. The van der Waals surface area contributed by atoms with Crippen LogP contribution in [0, 0.1) is 0 Å². The minimum atomic E-state index is -3.98. The van der Waals surface area contributed by atoms with Gasteiger partial charge in [0.05, 0.1) is 12.8 Å². The molecule has 11 heteroatoms. The summed E-state index contributed by atoms with van der Waals surface area (Å²) in [6.07, 6.45) is 2.08. The van der Waals surface area contributed by atoms with Crippen molar-refractivity contribution >= 4 is 44.4 Å². The number of hydrogen-bond acceptors (Lipinski definition) is 9. The molecular formula is C15H13N3O5S3. The maximum Gasteiger partial charge on any atom is 0.349 e. The monoisotopic (exact) mass is 411 g/mol. The molecule has 4 rings (SSSR count). The number of nitrogens with zero attached hydrogens (tertiary/aromatic N) is 2. The number of anilines is 1. The standard InChI is InChI=1S/C15H13N3O5S3/c1-22-15(19)12-10(5-7-25-12)26(20,21)18-9-4-6-24-11(9)14-16-13(17-23-14)8-2-3-8/h4-8,18H,2-3H2,1H3. The Balaban J connectivity index is 1.64. The fraction of sp³-hybridized carbons (Fsp3) is 0.267. The molecule has 136 valence electrons. The number of hydrogen-bond donors (Lipinski definition) is 1. The van der Waals surface area contributed by atoms with Gasteiger partial charge in [-0.15, -0.1) is 22.7 Å². The second-order valence-corrected chi connectivity index (χ2v) is 9.09. The van der Waals surface area contributed by atoms with Gasteiger partial charge in [-0.3, -0.25) is 4.72 Å². The first-order valence-corrected chi connectivity index (χ1v) is 10.8. The molecule has 0 aromatic carbocycles. The summed E-state index contributed by atoms with van der Waals surface area (Å²) < 4.78 is 37.9. The Kier molecular flexibility index (Phi) is 4.29. The minimum Gasteiger partial charge on any atom is -0.465 e. The highest BCUT2D eigenvalue weighted by molar-refractivity contribution is 7.93. The van der Waals surface area contributed by atoms with E-state index < -0.39 is 16.0 Å². The largest absolute Gasteiger partial charge is 0.465 e. The number of ether oxygens (including phenoxy) is 1. The lowest BCUT2D eigenvalue weighted by Gasteiger charge is -2.07. The molecule has 8 nitrogen and oxygen atoms in total. The maximum absolute atomic E-state index is 12.7. The Labute approximate surface area is 156 Å². The van der Waals surface area contributed by atoms with E-state index in [1.165, 1.54) is 29.9 Å². The van der Waals surface area contributed by atoms with Crippen LogP contribution in [0.5, 0.6) is 0 Å². The van der Waals surface area contributed by atoms with E-state index in [4.69, 9.17) is 4.52 Å². The van der Waals surface area contributed by atoms with Gasteiger partial charge >= 0.3 is 5.97 Å². The quantitative estimate of drug-likeness (QED) is 0.619. The lowest BCUT2D eigenvalue weighted by Crippen LogP contribution is -2.15. The average Bonchev–Trinajstić information content (AvgIpc) is 3.06. The molecule has 26 heavy (non-hydrogen) atoms. The van der Waals surface area contributed by atoms with E-state index in [0.717, 1.165) is 24.2 Å². The molecule has 0 unspecified atom stereocenters. The minimum absolute atomic E-state index is 0.0191. The molecule has 0 amide bonds. The normalized spacial score (nSPS) is 14.3. The number of methoxy groups -OCH3 is 1. The third kappa shape index (κ3) is 3.13. The molecule has 0 radical (unpaired) electrons. The fourth-order valence-corrected chi connectivity index (χ4v) is 5.58. The SMILES string of the molecule is COC(=O)c1sccc1S(=O)(=O)Nc1ccsc1-c1nc(C2CC2)no1. The molecule has 3 aromatic heterocycles. The Morgan fingerprint density at radius 2 is 2.08 bits per heavy atom. The van der Waals surface area contributed by atoms with Gasteiger partial charge < -0.3 is 9.26 Å². The molecule has 3 aromatic rings. The smallest absolute Gasteiger partial charge is 0.349 e. The van der Waals surface area contributed by atoms with Crippen molar-refractivity contribution in [1.29, 1.82) is 0 Å². The van der Waals surface area contributed by atoms with Gasteiger partial charge in [-0.05, 0) is 35.7 Å². The number of carbonyl (C=O) groups excluding carboxylic acids is 1. The van der Waals surface area contributed by atoms with E-state index in [2.05, 4.69) is 19.6 Å². The summed E-state index contributed by atoms with van der Waals surface area (Å²) in [6, 6.07) is 2.98. The molecule has 0 spiro atoms. The molecule has 1 aliphatic carbocycles. The van der Waals surface area contributed by atoms with Gasteiger partial charge in [0.1, 0.15) is 14.6 Å². The van der Waals surface area contributed by atoms with Gasteiger partial charge in [0.15, 0.2) is 5.82 Å². The van der Waals surface area contributed by atoms with E-state index in [0.29, 0.717) is 22.3 Å². The Bertz CT molecular complexity index is 1060. The van der Waals surface area contributed by atoms with Crippen molar-refractivity contribution in [3.63, 3.8) is 0 Å². The summed E-state index contributed by atoms with van der Waals surface area (Å²) in [5.74, 6) is 0.559. The highest BCUT2D eigenvalue weighted by atomic mass is 32.2. The van der Waals surface area contributed by atoms with Gasteiger partial charge in [0, 0.05) is 5.92 Å². The first-order chi connectivity index (χ1) is 12.5. The summed E-state index contributed by atoms with van der Waals surface area (Å²) in [4.78, 5) is 16.5. The van der Waals surface area contributed by atoms with Crippen LogP contribution in [0.15, 0.2) is 32.3 Å². The van der Waals surface area contributed by atoms with Gasteiger partial charge in [0.2, 0.25) is 0 Å².